The van der Waals surface area contributed by atoms with E-state index in [1.807, 2.05) is 6.92 Å². The number of carboxylic acid groups (broad SMARTS) is 1. The van der Waals surface area contributed by atoms with Crippen molar-refractivity contribution in [2.45, 2.75) is 32.2 Å². The number of hydrogen-bond donors (Lipinski definition) is 4. The van der Waals surface area contributed by atoms with Crippen LogP contribution in [-0.4, -0.2) is 36.2 Å². The summed E-state index contributed by atoms with van der Waals surface area (Å²) < 4.78 is 0. The van der Waals surface area contributed by atoms with E-state index < -0.39 is 18.0 Å². The summed E-state index contributed by atoms with van der Waals surface area (Å²) in [6.07, 6.45) is 1.82. The van der Waals surface area contributed by atoms with E-state index in [2.05, 4.69) is 10.6 Å². The Bertz CT molecular complexity index is 209. The Balaban J connectivity index is 3.84. The Hall–Kier alpha value is -1.30. The van der Waals surface area contributed by atoms with E-state index in [0.29, 0.717) is 32.4 Å². The van der Waals surface area contributed by atoms with Crippen molar-refractivity contribution < 1.29 is 14.7 Å². The van der Waals surface area contributed by atoms with Crippen molar-refractivity contribution in [3.8, 4) is 0 Å². The molecular weight excluding hydrogens is 198 g/mol. The van der Waals surface area contributed by atoms with E-state index in [-0.39, 0.29) is 0 Å². The lowest BCUT2D eigenvalue weighted by atomic mass is 10.2. The zero-order valence-electron chi connectivity index (χ0n) is 8.95. The lowest BCUT2D eigenvalue weighted by Crippen LogP contribution is -2.46. The Morgan fingerprint density at radius 3 is 2.60 bits per heavy atom. The predicted octanol–water partition coefficient (Wildman–Crippen LogP) is -0.112. The van der Waals surface area contributed by atoms with Gasteiger partial charge in [0.1, 0.15) is 6.04 Å². The highest BCUT2D eigenvalue weighted by Gasteiger charge is 2.17. The molecule has 0 rings (SSSR count). The molecule has 6 heteroatoms. The van der Waals surface area contributed by atoms with Crippen LogP contribution in [0.3, 0.4) is 0 Å². The lowest BCUT2D eigenvalue weighted by molar-refractivity contribution is -0.139. The van der Waals surface area contributed by atoms with Gasteiger partial charge < -0.3 is 21.5 Å². The standard InChI is InChI=1S/C9H19N3O3/c1-2-4-7(8(13)14)12-9(15)11-6-3-5-10/h7H,2-6,10H2,1H3,(H,13,14)(H2,11,12,15)/t7-/m0/s1. The van der Waals surface area contributed by atoms with Gasteiger partial charge in [0.15, 0.2) is 0 Å². The van der Waals surface area contributed by atoms with Gasteiger partial charge in [-0.15, -0.1) is 0 Å². The molecule has 0 radical (unpaired) electrons. The quantitative estimate of drug-likeness (QED) is 0.446. The van der Waals surface area contributed by atoms with Crippen LogP contribution in [-0.2, 0) is 4.79 Å². The highest BCUT2D eigenvalue weighted by molar-refractivity contribution is 5.82. The summed E-state index contributed by atoms with van der Waals surface area (Å²) in [5, 5.41) is 13.7. The summed E-state index contributed by atoms with van der Waals surface area (Å²) in [5.74, 6) is -1.01. The smallest absolute Gasteiger partial charge is 0.326 e. The number of carboxylic acids is 1. The van der Waals surface area contributed by atoms with Crippen LogP contribution in [0, 0.1) is 0 Å². The van der Waals surface area contributed by atoms with Crippen molar-refractivity contribution in [1.82, 2.24) is 10.6 Å². The van der Waals surface area contributed by atoms with Gasteiger partial charge in [0.05, 0.1) is 0 Å². The van der Waals surface area contributed by atoms with Crippen molar-refractivity contribution in [2.75, 3.05) is 13.1 Å². The Morgan fingerprint density at radius 2 is 2.13 bits per heavy atom. The van der Waals surface area contributed by atoms with E-state index in [0.717, 1.165) is 0 Å². The van der Waals surface area contributed by atoms with Crippen molar-refractivity contribution in [3.05, 3.63) is 0 Å². The molecule has 0 bridgehead atoms. The molecule has 0 heterocycles. The summed E-state index contributed by atoms with van der Waals surface area (Å²) in [4.78, 5) is 21.9. The van der Waals surface area contributed by atoms with Crippen LogP contribution in [0.5, 0.6) is 0 Å². The number of nitrogens with one attached hydrogen (secondary N) is 2. The molecule has 0 aromatic heterocycles. The van der Waals surface area contributed by atoms with E-state index in [9.17, 15) is 9.59 Å². The molecule has 0 fully saturated rings. The highest BCUT2D eigenvalue weighted by Crippen LogP contribution is 1.96. The SMILES string of the molecule is CCC[C@H](NC(=O)NCCCN)C(=O)O. The fraction of sp³-hybridized carbons (Fsp3) is 0.778. The monoisotopic (exact) mass is 217 g/mol. The molecule has 0 aromatic carbocycles. The van der Waals surface area contributed by atoms with Crippen molar-refractivity contribution in [2.24, 2.45) is 5.73 Å². The number of urea groups is 1. The summed E-state index contributed by atoms with van der Waals surface area (Å²) in [7, 11) is 0. The Labute approximate surface area is 89.2 Å². The first kappa shape index (κ1) is 13.7. The average molecular weight is 217 g/mol. The van der Waals surface area contributed by atoms with Crippen LogP contribution in [0.25, 0.3) is 0 Å². The summed E-state index contributed by atoms with van der Waals surface area (Å²) in [6, 6.07) is -1.27. The lowest BCUT2D eigenvalue weighted by Gasteiger charge is -2.13. The minimum Gasteiger partial charge on any atom is -0.480 e. The number of carbonyl (C=O) groups excluding carboxylic acids is 1. The van der Waals surface area contributed by atoms with Crippen LogP contribution < -0.4 is 16.4 Å². The molecule has 0 aliphatic carbocycles. The summed E-state index contributed by atoms with van der Waals surface area (Å²) in [6.45, 7) is 2.82. The van der Waals surface area contributed by atoms with Gasteiger partial charge >= 0.3 is 12.0 Å². The van der Waals surface area contributed by atoms with Crippen LogP contribution in [0.1, 0.15) is 26.2 Å². The maximum atomic E-state index is 11.2. The third-order valence-electron chi connectivity index (χ3n) is 1.85. The van der Waals surface area contributed by atoms with Gasteiger partial charge in [-0.2, -0.15) is 0 Å². The third kappa shape index (κ3) is 6.73. The number of rotatable bonds is 7. The average Bonchev–Trinajstić information content (AvgIpc) is 2.17. The molecule has 88 valence electrons. The van der Waals surface area contributed by atoms with Gasteiger partial charge in [-0.25, -0.2) is 9.59 Å². The molecule has 0 spiro atoms. The van der Waals surface area contributed by atoms with Crippen molar-refractivity contribution in [3.63, 3.8) is 0 Å². The molecule has 0 aromatic rings. The van der Waals surface area contributed by atoms with Crippen LogP contribution in [0.15, 0.2) is 0 Å². The van der Waals surface area contributed by atoms with Crippen molar-refractivity contribution in [1.29, 1.82) is 0 Å². The van der Waals surface area contributed by atoms with Gasteiger partial charge in [0.2, 0.25) is 0 Å². The van der Waals surface area contributed by atoms with Gasteiger partial charge in [0, 0.05) is 6.54 Å². The van der Waals surface area contributed by atoms with E-state index >= 15 is 0 Å². The minimum absolute atomic E-state index is 0.430. The Kier molecular flexibility index (Phi) is 7.35. The number of nitrogens with two attached hydrogens (primary N) is 1. The van der Waals surface area contributed by atoms with Gasteiger partial charge in [-0.3, -0.25) is 0 Å². The second-order valence-electron chi connectivity index (χ2n) is 3.22. The number of hydrogen-bond acceptors (Lipinski definition) is 3. The zero-order valence-corrected chi connectivity index (χ0v) is 8.95. The predicted molar refractivity (Wildman–Crippen MR) is 56.5 cm³/mol. The molecule has 5 N–H and O–H groups in total. The van der Waals surface area contributed by atoms with Crippen LogP contribution >= 0.6 is 0 Å². The van der Waals surface area contributed by atoms with E-state index in [4.69, 9.17) is 10.8 Å². The normalized spacial score (nSPS) is 11.9. The largest absolute Gasteiger partial charge is 0.480 e. The first-order valence-corrected chi connectivity index (χ1v) is 5.09. The highest BCUT2D eigenvalue weighted by atomic mass is 16.4. The van der Waals surface area contributed by atoms with Crippen LogP contribution in [0.4, 0.5) is 4.79 Å². The fourth-order valence-electron chi connectivity index (χ4n) is 1.06. The second kappa shape index (κ2) is 8.05. The van der Waals surface area contributed by atoms with Gasteiger partial charge in [-0.1, -0.05) is 13.3 Å². The first-order chi connectivity index (χ1) is 7.11. The van der Waals surface area contributed by atoms with E-state index in [1.165, 1.54) is 0 Å². The molecule has 0 saturated heterocycles. The molecule has 0 unspecified atom stereocenters. The Morgan fingerprint density at radius 1 is 1.47 bits per heavy atom. The second-order valence-corrected chi connectivity index (χ2v) is 3.22. The molecule has 0 saturated carbocycles. The minimum atomic E-state index is -1.01. The van der Waals surface area contributed by atoms with Gasteiger partial charge in [-0.05, 0) is 19.4 Å². The van der Waals surface area contributed by atoms with Gasteiger partial charge in [0.25, 0.3) is 0 Å². The first-order valence-electron chi connectivity index (χ1n) is 5.09. The van der Waals surface area contributed by atoms with Crippen molar-refractivity contribution >= 4 is 12.0 Å². The summed E-state index contributed by atoms with van der Waals surface area (Å²) >= 11 is 0. The molecular formula is C9H19N3O3. The molecule has 15 heavy (non-hydrogen) atoms. The molecule has 2 amide bonds. The number of carbonyl (C=O) groups is 2. The fourth-order valence-corrected chi connectivity index (χ4v) is 1.06. The number of amides is 2. The molecule has 1 atom stereocenters. The number of aliphatic carboxylic acids is 1. The maximum Gasteiger partial charge on any atom is 0.326 e. The molecule has 0 aliphatic rings. The zero-order chi connectivity index (χ0) is 11.7. The molecule has 0 aliphatic heterocycles. The molecule has 6 nitrogen and oxygen atoms in total. The maximum absolute atomic E-state index is 11.2. The topological polar surface area (TPSA) is 104 Å². The van der Waals surface area contributed by atoms with Crippen LogP contribution in [0.2, 0.25) is 0 Å². The third-order valence-corrected chi connectivity index (χ3v) is 1.85. The van der Waals surface area contributed by atoms with E-state index in [1.54, 1.807) is 0 Å². The summed E-state index contributed by atoms with van der Waals surface area (Å²) in [5.41, 5.74) is 5.25.